The fourth-order valence-corrected chi connectivity index (χ4v) is 2.37. The fraction of sp³-hybridized carbons (Fsp3) is 0.0556. The monoisotopic (exact) mass is 322 g/mol. The molecule has 0 saturated carbocycles. The van der Waals surface area contributed by atoms with E-state index in [1.165, 1.54) is 18.2 Å². The molecule has 0 saturated heterocycles. The highest BCUT2D eigenvalue weighted by molar-refractivity contribution is 6.07. The summed E-state index contributed by atoms with van der Waals surface area (Å²) >= 11 is 0. The average Bonchev–Trinajstić information content (AvgIpc) is 3.03. The van der Waals surface area contributed by atoms with Crippen molar-refractivity contribution in [3.8, 4) is 0 Å². The van der Waals surface area contributed by atoms with Crippen molar-refractivity contribution >= 4 is 34.2 Å². The van der Waals surface area contributed by atoms with E-state index in [2.05, 4.69) is 5.32 Å². The molecule has 1 aromatic heterocycles. The first-order valence-corrected chi connectivity index (χ1v) is 7.25. The molecule has 0 bridgehead atoms. The first-order chi connectivity index (χ1) is 11.6. The third-order valence-corrected chi connectivity index (χ3v) is 3.58. The zero-order valence-electron chi connectivity index (χ0n) is 12.9. The zero-order chi connectivity index (χ0) is 17.1. The minimum absolute atomic E-state index is 0.0455. The van der Waals surface area contributed by atoms with Crippen LogP contribution in [-0.4, -0.2) is 17.8 Å². The van der Waals surface area contributed by atoms with Gasteiger partial charge in [0.25, 0.3) is 5.69 Å². The molecule has 0 spiro atoms. The lowest BCUT2D eigenvalue weighted by atomic mass is 10.1. The van der Waals surface area contributed by atoms with Crippen LogP contribution in [0.3, 0.4) is 0 Å². The summed E-state index contributed by atoms with van der Waals surface area (Å²) in [6.07, 6.45) is 2.87. The Hall–Kier alpha value is -3.41. The molecule has 0 aliphatic heterocycles. The van der Waals surface area contributed by atoms with Gasteiger partial charge < -0.3 is 9.73 Å². The van der Waals surface area contributed by atoms with Crippen molar-refractivity contribution in [3.63, 3.8) is 0 Å². The number of hydrogen-bond donors (Lipinski definition) is 1. The summed E-state index contributed by atoms with van der Waals surface area (Å²) in [6, 6.07) is 13.7. The molecule has 0 atom stereocenters. The second-order valence-corrected chi connectivity index (χ2v) is 5.13. The van der Waals surface area contributed by atoms with Gasteiger partial charge in [-0.2, -0.15) is 0 Å². The Morgan fingerprint density at radius 1 is 1.21 bits per heavy atom. The molecular weight excluding hydrogens is 308 g/mol. The van der Waals surface area contributed by atoms with E-state index < -0.39 is 4.92 Å². The van der Waals surface area contributed by atoms with Crippen molar-refractivity contribution in [2.45, 2.75) is 0 Å². The third-order valence-electron chi connectivity index (χ3n) is 3.58. The molecular formula is C18H14N2O4. The van der Waals surface area contributed by atoms with Gasteiger partial charge >= 0.3 is 0 Å². The number of ketones is 1. The molecule has 120 valence electrons. The Labute approximate surface area is 137 Å². The van der Waals surface area contributed by atoms with Crippen LogP contribution in [0, 0.1) is 10.1 Å². The summed E-state index contributed by atoms with van der Waals surface area (Å²) in [4.78, 5) is 22.8. The fourth-order valence-electron chi connectivity index (χ4n) is 2.37. The van der Waals surface area contributed by atoms with E-state index in [1.54, 1.807) is 31.3 Å². The largest absolute Gasteiger partial charge is 0.453 e. The Morgan fingerprint density at radius 3 is 2.71 bits per heavy atom. The van der Waals surface area contributed by atoms with Gasteiger partial charge in [-0.25, -0.2) is 0 Å². The summed E-state index contributed by atoms with van der Waals surface area (Å²) in [7, 11) is 1.61. The van der Waals surface area contributed by atoms with Gasteiger partial charge in [-0.05, 0) is 29.8 Å². The summed E-state index contributed by atoms with van der Waals surface area (Å²) in [5.41, 5.74) is 1.57. The maximum Gasteiger partial charge on any atom is 0.292 e. The van der Waals surface area contributed by atoms with E-state index in [0.29, 0.717) is 16.8 Å². The average molecular weight is 322 g/mol. The van der Waals surface area contributed by atoms with E-state index in [-0.39, 0.29) is 17.2 Å². The number of hydrogen-bond acceptors (Lipinski definition) is 5. The Balaban J connectivity index is 1.86. The van der Waals surface area contributed by atoms with Gasteiger partial charge in [-0.3, -0.25) is 14.9 Å². The van der Waals surface area contributed by atoms with Crippen LogP contribution >= 0.6 is 0 Å². The van der Waals surface area contributed by atoms with Crippen molar-refractivity contribution in [1.29, 1.82) is 0 Å². The Morgan fingerprint density at radius 2 is 2.00 bits per heavy atom. The molecule has 3 rings (SSSR count). The molecule has 0 aliphatic rings. The molecule has 3 aromatic rings. The van der Waals surface area contributed by atoms with Crippen LogP contribution in [0.25, 0.3) is 17.0 Å². The van der Waals surface area contributed by atoms with Crippen molar-refractivity contribution in [1.82, 2.24) is 0 Å². The molecule has 0 aliphatic carbocycles. The number of carbonyl (C=O) groups is 1. The quantitative estimate of drug-likeness (QED) is 0.328. The third kappa shape index (κ3) is 3.03. The van der Waals surface area contributed by atoms with E-state index in [4.69, 9.17) is 4.42 Å². The van der Waals surface area contributed by atoms with E-state index in [1.807, 2.05) is 18.2 Å². The standard InChI is InChI=1S/C18H14N2O4/c1-19-14-8-6-12(10-15(14)20(22)23)7-9-16(21)18-11-13-4-2-3-5-17(13)24-18/h2-11,19H,1H3. The number of nitro groups is 1. The lowest BCUT2D eigenvalue weighted by Gasteiger charge is -2.02. The molecule has 0 radical (unpaired) electrons. The van der Waals surface area contributed by atoms with Crippen molar-refractivity contribution < 1.29 is 14.1 Å². The number of allylic oxidation sites excluding steroid dienone is 1. The molecule has 0 fully saturated rings. The summed E-state index contributed by atoms with van der Waals surface area (Å²) in [6.45, 7) is 0. The highest BCUT2D eigenvalue weighted by atomic mass is 16.6. The van der Waals surface area contributed by atoms with Crippen LogP contribution in [0.5, 0.6) is 0 Å². The maximum absolute atomic E-state index is 12.2. The zero-order valence-corrected chi connectivity index (χ0v) is 12.9. The molecule has 6 nitrogen and oxygen atoms in total. The van der Waals surface area contributed by atoms with Gasteiger partial charge in [0.2, 0.25) is 5.78 Å². The van der Waals surface area contributed by atoms with Crippen LogP contribution in [0.4, 0.5) is 11.4 Å². The topological polar surface area (TPSA) is 85.4 Å². The Kier molecular flexibility index (Phi) is 4.11. The number of nitrogens with one attached hydrogen (secondary N) is 1. The van der Waals surface area contributed by atoms with Crippen LogP contribution in [0.1, 0.15) is 16.1 Å². The molecule has 0 amide bonds. The number of rotatable bonds is 5. The molecule has 1 heterocycles. The van der Waals surface area contributed by atoms with E-state index >= 15 is 0 Å². The number of nitro benzene ring substituents is 1. The number of anilines is 1. The van der Waals surface area contributed by atoms with Crippen LogP contribution in [-0.2, 0) is 0 Å². The van der Waals surface area contributed by atoms with Crippen molar-refractivity contribution in [3.05, 3.63) is 76.0 Å². The first-order valence-electron chi connectivity index (χ1n) is 7.25. The lowest BCUT2D eigenvalue weighted by Crippen LogP contribution is -1.97. The Bertz CT molecular complexity index is 924. The predicted molar refractivity (Wildman–Crippen MR) is 92.2 cm³/mol. The normalized spacial score (nSPS) is 11.0. The van der Waals surface area contributed by atoms with Gasteiger partial charge in [0.05, 0.1) is 4.92 Å². The minimum Gasteiger partial charge on any atom is -0.453 e. The predicted octanol–water partition coefficient (Wildman–Crippen LogP) is 4.28. The highest BCUT2D eigenvalue weighted by Crippen LogP contribution is 2.26. The second-order valence-electron chi connectivity index (χ2n) is 5.13. The van der Waals surface area contributed by atoms with Crippen molar-refractivity contribution in [2.75, 3.05) is 12.4 Å². The summed E-state index contributed by atoms with van der Waals surface area (Å²) < 4.78 is 5.50. The van der Waals surface area contributed by atoms with Crippen molar-refractivity contribution in [2.24, 2.45) is 0 Å². The molecule has 1 N–H and O–H groups in total. The number of nitrogens with zero attached hydrogens (tertiary/aromatic N) is 1. The SMILES string of the molecule is CNc1ccc(C=CC(=O)c2cc3ccccc3o2)cc1[N+](=O)[O-]. The van der Waals surface area contributed by atoms with Crippen LogP contribution < -0.4 is 5.32 Å². The van der Waals surface area contributed by atoms with Gasteiger partial charge in [-0.1, -0.05) is 30.3 Å². The molecule has 0 unspecified atom stereocenters. The summed E-state index contributed by atoms with van der Waals surface area (Å²) in [5, 5.41) is 14.7. The van der Waals surface area contributed by atoms with Gasteiger partial charge in [0.15, 0.2) is 5.76 Å². The minimum atomic E-state index is -0.468. The molecule has 2 aromatic carbocycles. The second kappa shape index (κ2) is 6.37. The number of furan rings is 1. The van der Waals surface area contributed by atoms with Gasteiger partial charge in [0.1, 0.15) is 11.3 Å². The number of benzene rings is 2. The number of carbonyl (C=O) groups excluding carboxylic acids is 1. The van der Waals surface area contributed by atoms with Crippen LogP contribution in [0.2, 0.25) is 0 Å². The number of fused-ring (bicyclic) bond motifs is 1. The highest BCUT2D eigenvalue weighted by Gasteiger charge is 2.13. The smallest absolute Gasteiger partial charge is 0.292 e. The molecule has 6 heteroatoms. The lowest BCUT2D eigenvalue weighted by molar-refractivity contribution is -0.383. The van der Waals surface area contributed by atoms with E-state index in [0.717, 1.165) is 5.39 Å². The van der Waals surface area contributed by atoms with Gasteiger partial charge in [0, 0.05) is 18.5 Å². The molecule has 24 heavy (non-hydrogen) atoms. The van der Waals surface area contributed by atoms with Gasteiger partial charge in [-0.15, -0.1) is 0 Å². The van der Waals surface area contributed by atoms with Crippen LogP contribution in [0.15, 0.2) is 59.0 Å². The summed E-state index contributed by atoms with van der Waals surface area (Å²) in [5.74, 6) is -0.0691. The van der Waals surface area contributed by atoms with E-state index in [9.17, 15) is 14.9 Å². The maximum atomic E-state index is 12.2. The first kappa shape index (κ1) is 15.5. The number of para-hydroxylation sites is 1.